The number of rotatable bonds is 6. The molecule has 2 heterocycles. The van der Waals surface area contributed by atoms with E-state index in [0.29, 0.717) is 17.7 Å². The fourth-order valence-electron chi connectivity index (χ4n) is 2.16. The molecule has 2 aromatic heterocycles. The minimum Gasteiger partial charge on any atom is -0.340 e. The van der Waals surface area contributed by atoms with Crippen molar-refractivity contribution in [3.05, 3.63) is 64.5 Å². The van der Waals surface area contributed by atoms with Crippen molar-refractivity contribution in [2.24, 2.45) is 0 Å². The predicted octanol–water partition coefficient (Wildman–Crippen LogP) is 3.78. The highest BCUT2D eigenvalue weighted by atomic mass is 79.9. The summed E-state index contributed by atoms with van der Waals surface area (Å²) in [5, 5.41) is 7.38. The van der Waals surface area contributed by atoms with E-state index in [0.717, 1.165) is 22.9 Å². The van der Waals surface area contributed by atoms with Gasteiger partial charge in [-0.05, 0) is 27.9 Å². The van der Waals surface area contributed by atoms with Gasteiger partial charge in [-0.2, -0.15) is 4.98 Å². The van der Waals surface area contributed by atoms with Crippen molar-refractivity contribution in [1.82, 2.24) is 20.1 Å². The average molecular weight is 374 g/mol. The molecule has 0 amide bonds. The number of aryl methyl sites for hydroxylation is 1. The van der Waals surface area contributed by atoms with Crippen LogP contribution in [0.15, 0.2) is 51.7 Å². The number of nitrogens with one attached hydrogen (secondary N) is 1. The van der Waals surface area contributed by atoms with Crippen LogP contribution >= 0.6 is 15.9 Å². The van der Waals surface area contributed by atoms with Crippen LogP contribution in [-0.4, -0.2) is 20.1 Å². The summed E-state index contributed by atoms with van der Waals surface area (Å²) in [6, 6.07) is 9.65. The van der Waals surface area contributed by atoms with Gasteiger partial charge in [0.1, 0.15) is 6.04 Å². The van der Waals surface area contributed by atoms with E-state index in [2.05, 4.69) is 48.3 Å². The molecule has 7 heteroatoms. The van der Waals surface area contributed by atoms with Gasteiger partial charge in [0, 0.05) is 18.8 Å². The van der Waals surface area contributed by atoms with Gasteiger partial charge in [0.2, 0.25) is 11.8 Å². The molecule has 1 unspecified atom stereocenters. The van der Waals surface area contributed by atoms with Crippen LogP contribution < -0.4 is 5.32 Å². The van der Waals surface area contributed by atoms with E-state index in [-0.39, 0.29) is 6.04 Å². The van der Waals surface area contributed by atoms with E-state index in [1.807, 2.05) is 30.3 Å². The fraction of sp³-hybridized carbons (Fsp3) is 0.250. The second kappa shape index (κ2) is 7.32. The van der Waals surface area contributed by atoms with E-state index < -0.39 is 0 Å². The minimum absolute atomic E-state index is 0.272. The monoisotopic (exact) mass is 373 g/mol. The molecule has 0 aliphatic carbocycles. The van der Waals surface area contributed by atoms with Crippen molar-refractivity contribution in [2.45, 2.75) is 25.8 Å². The molecule has 0 aliphatic rings. The van der Waals surface area contributed by atoms with E-state index in [9.17, 15) is 0 Å². The van der Waals surface area contributed by atoms with Crippen LogP contribution in [0.2, 0.25) is 0 Å². The first-order valence-electron chi connectivity index (χ1n) is 7.37. The van der Waals surface area contributed by atoms with Gasteiger partial charge in [-0.1, -0.05) is 42.4 Å². The number of nitrogens with zero attached hydrogens (tertiary/aromatic N) is 4. The number of benzene rings is 1. The number of hydrogen-bond acceptors (Lipinski definition) is 6. The van der Waals surface area contributed by atoms with E-state index in [1.165, 1.54) is 0 Å². The molecule has 0 bridgehead atoms. The van der Waals surface area contributed by atoms with E-state index in [4.69, 9.17) is 4.52 Å². The Morgan fingerprint density at radius 2 is 1.91 bits per heavy atom. The maximum Gasteiger partial charge on any atom is 0.226 e. The standard InChI is InChI=1S/C16H16BrN5O/c1-2-6-13-20-15(22-23-13)14(11-7-4-3-5-8-11)21-16-18-9-12(17)10-19-16/h3-5,7-10,14H,2,6H2,1H3,(H,18,19,21). The molecular weight excluding hydrogens is 358 g/mol. The number of anilines is 1. The molecule has 0 fully saturated rings. The van der Waals surface area contributed by atoms with Crippen molar-refractivity contribution in [2.75, 3.05) is 5.32 Å². The Kier molecular flexibility index (Phi) is 4.97. The highest BCUT2D eigenvalue weighted by Gasteiger charge is 2.21. The van der Waals surface area contributed by atoms with Gasteiger partial charge in [0.25, 0.3) is 0 Å². The molecule has 118 valence electrons. The predicted molar refractivity (Wildman–Crippen MR) is 89.9 cm³/mol. The van der Waals surface area contributed by atoms with Crippen LogP contribution in [0.25, 0.3) is 0 Å². The summed E-state index contributed by atoms with van der Waals surface area (Å²) in [7, 11) is 0. The maximum absolute atomic E-state index is 5.31. The zero-order valence-corrected chi connectivity index (χ0v) is 14.2. The third kappa shape index (κ3) is 3.92. The van der Waals surface area contributed by atoms with Crippen molar-refractivity contribution in [3.8, 4) is 0 Å². The van der Waals surface area contributed by atoms with Crippen LogP contribution in [0.1, 0.15) is 36.7 Å². The van der Waals surface area contributed by atoms with Gasteiger partial charge < -0.3 is 9.84 Å². The lowest BCUT2D eigenvalue weighted by Crippen LogP contribution is -2.15. The van der Waals surface area contributed by atoms with Gasteiger partial charge in [-0.25, -0.2) is 9.97 Å². The maximum atomic E-state index is 5.31. The quantitative estimate of drug-likeness (QED) is 0.708. The molecule has 0 saturated carbocycles. The Balaban J connectivity index is 1.91. The van der Waals surface area contributed by atoms with Crippen molar-refractivity contribution in [3.63, 3.8) is 0 Å². The summed E-state index contributed by atoms with van der Waals surface area (Å²) in [5.41, 5.74) is 1.02. The van der Waals surface area contributed by atoms with Crippen molar-refractivity contribution >= 4 is 21.9 Å². The van der Waals surface area contributed by atoms with Crippen LogP contribution in [0, 0.1) is 0 Å². The molecule has 1 N–H and O–H groups in total. The lowest BCUT2D eigenvalue weighted by Gasteiger charge is -2.15. The number of halogens is 1. The van der Waals surface area contributed by atoms with Gasteiger partial charge in [0.05, 0.1) is 4.47 Å². The Bertz CT molecular complexity index is 745. The first-order chi connectivity index (χ1) is 11.3. The summed E-state index contributed by atoms with van der Waals surface area (Å²) < 4.78 is 6.14. The van der Waals surface area contributed by atoms with Crippen LogP contribution in [0.4, 0.5) is 5.95 Å². The molecule has 23 heavy (non-hydrogen) atoms. The minimum atomic E-state index is -0.272. The highest BCUT2D eigenvalue weighted by molar-refractivity contribution is 9.10. The van der Waals surface area contributed by atoms with Gasteiger partial charge in [-0.3, -0.25) is 0 Å². The molecular formula is C16H16BrN5O. The Morgan fingerprint density at radius 3 is 2.61 bits per heavy atom. The second-order valence-corrected chi connectivity index (χ2v) is 5.92. The third-order valence-corrected chi connectivity index (χ3v) is 3.64. The summed E-state index contributed by atoms with van der Waals surface area (Å²) in [5.74, 6) is 1.72. The van der Waals surface area contributed by atoms with Crippen LogP contribution in [0.5, 0.6) is 0 Å². The fourth-order valence-corrected chi connectivity index (χ4v) is 2.36. The van der Waals surface area contributed by atoms with Gasteiger partial charge in [-0.15, -0.1) is 0 Å². The molecule has 1 aromatic carbocycles. The third-order valence-electron chi connectivity index (χ3n) is 3.23. The molecule has 0 radical (unpaired) electrons. The second-order valence-electron chi connectivity index (χ2n) is 5.01. The first kappa shape index (κ1) is 15.6. The molecule has 6 nitrogen and oxygen atoms in total. The zero-order valence-electron chi connectivity index (χ0n) is 12.6. The van der Waals surface area contributed by atoms with Crippen molar-refractivity contribution in [1.29, 1.82) is 0 Å². The van der Waals surface area contributed by atoms with E-state index in [1.54, 1.807) is 12.4 Å². The summed E-state index contributed by atoms with van der Waals surface area (Å²) in [6.07, 6.45) is 5.11. The molecule has 3 aromatic rings. The summed E-state index contributed by atoms with van der Waals surface area (Å²) in [4.78, 5) is 13.0. The molecule has 3 rings (SSSR count). The molecule has 0 aliphatic heterocycles. The smallest absolute Gasteiger partial charge is 0.226 e. The largest absolute Gasteiger partial charge is 0.340 e. The normalized spacial score (nSPS) is 12.1. The molecule has 1 atom stereocenters. The molecule has 0 spiro atoms. The average Bonchev–Trinajstić information content (AvgIpc) is 3.04. The Labute approximate surface area is 142 Å². The van der Waals surface area contributed by atoms with Gasteiger partial charge >= 0.3 is 0 Å². The van der Waals surface area contributed by atoms with Crippen LogP contribution in [-0.2, 0) is 6.42 Å². The Morgan fingerprint density at radius 1 is 1.17 bits per heavy atom. The van der Waals surface area contributed by atoms with E-state index >= 15 is 0 Å². The molecule has 0 saturated heterocycles. The highest BCUT2D eigenvalue weighted by Crippen LogP contribution is 2.23. The van der Waals surface area contributed by atoms with Crippen molar-refractivity contribution < 1.29 is 4.52 Å². The zero-order chi connectivity index (χ0) is 16.1. The summed E-state index contributed by atoms with van der Waals surface area (Å²) >= 11 is 3.33. The lowest BCUT2D eigenvalue weighted by molar-refractivity contribution is 0.371. The van der Waals surface area contributed by atoms with Gasteiger partial charge in [0.15, 0.2) is 5.82 Å². The van der Waals surface area contributed by atoms with Crippen LogP contribution in [0.3, 0.4) is 0 Å². The number of hydrogen-bond donors (Lipinski definition) is 1. The lowest BCUT2D eigenvalue weighted by atomic mass is 10.1. The number of aromatic nitrogens is 4. The summed E-state index contributed by atoms with van der Waals surface area (Å²) in [6.45, 7) is 2.08. The SMILES string of the molecule is CCCc1nc(C(Nc2ncc(Br)cn2)c2ccccc2)no1. The Hall–Kier alpha value is -2.28. The first-order valence-corrected chi connectivity index (χ1v) is 8.17. The topological polar surface area (TPSA) is 76.7 Å².